The van der Waals surface area contributed by atoms with Gasteiger partial charge in [-0.3, -0.25) is 0 Å². The lowest BCUT2D eigenvalue weighted by molar-refractivity contribution is 0.364. The molecule has 3 aromatic rings. The van der Waals surface area contributed by atoms with Crippen LogP contribution in [0.5, 0.6) is 0 Å². The molecule has 120 valence electrons. The fourth-order valence-electron chi connectivity index (χ4n) is 1.90. The summed E-state index contributed by atoms with van der Waals surface area (Å²) in [5.74, 6) is 1.27. The van der Waals surface area contributed by atoms with E-state index in [1.165, 1.54) is 11.8 Å². The maximum Gasteiger partial charge on any atom is 0.239 e. The van der Waals surface area contributed by atoms with Crippen LogP contribution < -0.4 is 0 Å². The summed E-state index contributed by atoms with van der Waals surface area (Å²) in [7, 11) is 0. The Balaban J connectivity index is 1.80. The van der Waals surface area contributed by atoms with Gasteiger partial charge in [-0.25, -0.2) is 0 Å². The number of aromatic nitrogens is 6. The molecule has 1 atom stereocenters. The number of tetrazole rings is 1. The second-order valence-corrected chi connectivity index (χ2v) is 7.48. The molecule has 0 radical (unpaired) electrons. The van der Waals surface area contributed by atoms with Crippen LogP contribution in [0.1, 0.15) is 44.7 Å². The Hall–Kier alpha value is -2.22. The Labute approximate surface area is 138 Å². The van der Waals surface area contributed by atoms with E-state index in [1.807, 2.05) is 37.3 Å². The van der Waals surface area contributed by atoms with E-state index in [0.717, 1.165) is 5.69 Å². The van der Waals surface area contributed by atoms with Crippen LogP contribution in [0.2, 0.25) is 0 Å². The monoisotopic (exact) mass is 330 g/mol. The molecular weight excluding hydrogens is 312 g/mol. The van der Waals surface area contributed by atoms with Gasteiger partial charge in [-0.15, -0.1) is 5.10 Å². The first-order chi connectivity index (χ1) is 10.9. The lowest BCUT2D eigenvalue weighted by atomic mass is 9.96. The Morgan fingerprint density at radius 2 is 1.91 bits per heavy atom. The number of hydrogen-bond donors (Lipinski definition) is 0. The van der Waals surface area contributed by atoms with Crippen LogP contribution in [0.25, 0.3) is 5.69 Å². The minimum absolute atomic E-state index is 0.0490. The molecule has 7 nitrogen and oxygen atoms in total. The van der Waals surface area contributed by atoms with Gasteiger partial charge >= 0.3 is 0 Å². The van der Waals surface area contributed by atoms with Crippen LogP contribution in [0.4, 0.5) is 0 Å². The first-order valence-electron chi connectivity index (χ1n) is 7.29. The smallest absolute Gasteiger partial charge is 0.239 e. The van der Waals surface area contributed by atoms with E-state index >= 15 is 0 Å². The lowest BCUT2D eigenvalue weighted by Crippen LogP contribution is -2.13. The molecule has 1 unspecified atom stereocenters. The first kappa shape index (κ1) is 15.7. The average molecular weight is 330 g/mol. The zero-order chi connectivity index (χ0) is 16.4. The molecule has 0 N–H and O–H groups in total. The largest absolute Gasteiger partial charge is 0.338 e. The fourth-order valence-corrected chi connectivity index (χ4v) is 2.74. The van der Waals surface area contributed by atoms with Crippen molar-refractivity contribution in [2.24, 2.45) is 0 Å². The lowest BCUT2D eigenvalue weighted by Gasteiger charge is -2.11. The van der Waals surface area contributed by atoms with Crippen molar-refractivity contribution in [3.63, 3.8) is 0 Å². The Morgan fingerprint density at radius 3 is 2.57 bits per heavy atom. The molecule has 8 heteroatoms. The Kier molecular flexibility index (Phi) is 4.16. The van der Waals surface area contributed by atoms with E-state index in [2.05, 4.69) is 46.4 Å². The van der Waals surface area contributed by atoms with Gasteiger partial charge in [0, 0.05) is 5.41 Å². The summed E-state index contributed by atoms with van der Waals surface area (Å²) in [4.78, 5) is 4.49. The second-order valence-electron chi connectivity index (χ2n) is 6.18. The van der Waals surface area contributed by atoms with Crippen LogP contribution >= 0.6 is 11.8 Å². The van der Waals surface area contributed by atoms with Crippen molar-refractivity contribution in [1.82, 2.24) is 30.3 Å². The van der Waals surface area contributed by atoms with Crippen molar-refractivity contribution in [3.05, 3.63) is 42.0 Å². The third-order valence-electron chi connectivity index (χ3n) is 3.18. The summed E-state index contributed by atoms with van der Waals surface area (Å²) >= 11 is 1.48. The summed E-state index contributed by atoms with van der Waals surface area (Å²) in [6, 6.07) is 9.76. The van der Waals surface area contributed by atoms with E-state index in [-0.39, 0.29) is 10.7 Å². The van der Waals surface area contributed by atoms with E-state index in [9.17, 15) is 0 Å². The molecule has 0 saturated heterocycles. The van der Waals surface area contributed by atoms with Crippen molar-refractivity contribution < 1.29 is 4.52 Å². The minimum Gasteiger partial charge on any atom is -0.338 e. The maximum absolute atomic E-state index is 5.39. The predicted octanol–water partition coefficient (Wildman–Crippen LogP) is 3.20. The van der Waals surface area contributed by atoms with Gasteiger partial charge in [0.15, 0.2) is 5.82 Å². The van der Waals surface area contributed by atoms with E-state index in [1.54, 1.807) is 4.68 Å². The first-order valence-corrected chi connectivity index (χ1v) is 8.17. The number of nitrogens with zero attached hydrogens (tertiary/aromatic N) is 6. The summed E-state index contributed by atoms with van der Waals surface area (Å²) in [6.45, 7) is 8.15. The molecule has 23 heavy (non-hydrogen) atoms. The quantitative estimate of drug-likeness (QED) is 0.679. The van der Waals surface area contributed by atoms with E-state index in [0.29, 0.717) is 16.9 Å². The highest BCUT2D eigenvalue weighted by Gasteiger charge is 2.24. The van der Waals surface area contributed by atoms with Gasteiger partial charge in [-0.1, -0.05) is 55.9 Å². The van der Waals surface area contributed by atoms with Gasteiger partial charge < -0.3 is 4.52 Å². The molecule has 3 rings (SSSR count). The van der Waals surface area contributed by atoms with Crippen LogP contribution in [0.15, 0.2) is 40.0 Å². The highest BCUT2D eigenvalue weighted by molar-refractivity contribution is 7.99. The third kappa shape index (κ3) is 3.42. The third-order valence-corrected chi connectivity index (χ3v) is 4.20. The van der Waals surface area contributed by atoms with Crippen molar-refractivity contribution in [1.29, 1.82) is 0 Å². The summed E-state index contributed by atoms with van der Waals surface area (Å²) in [6.07, 6.45) is 0. The van der Waals surface area contributed by atoms with Gasteiger partial charge in [-0.2, -0.15) is 9.67 Å². The zero-order valence-corrected chi connectivity index (χ0v) is 14.3. The molecule has 0 aliphatic heterocycles. The number of para-hydroxylation sites is 1. The molecule has 0 fully saturated rings. The van der Waals surface area contributed by atoms with Gasteiger partial charge in [0.1, 0.15) is 0 Å². The number of rotatable bonds is 4. The second kappa shape index (κ2) is 6.11. The maximum atomic E-state index is 5.39. The molecular formula is C15H18N6OS. The van der Waals surface area contributed by atoms with Gasteiger partial charge in [0.05, 0.1) is 10.9 Å². The van der Waals surface area contributed by atoms with Crippen LogP contribution in [0, 0.1) is 0 Å². The zero-order valence-electron chi connectivity index (χ0n) is 13.5. The van der Waals surface area contributed by atoms with Crippen LogP contribution in [-0.4, -0.2) is 30.3 Å². The standard InChI is InChI=1S/C15H18N6OS/c1-10(12-16-13(18-22-12)15(2,3)4)23-14-17-19-20-21(14)11-8-6-5-7-9-11/h5-10H,1-4H3. The van der Waals surface area contributed by atoms with Gasteiger partial charge in [0.2, 0.25) is 11.0 Å². The summed E-state index contributed by atoms with van der Waals surface area (Å²) in [5, 5.41) is 16.6. The van der Waals surface area contributed by atoms with Crippen molar-refractivity contribution in [2.75, 3.05) is 0 Å². The minimum atomic E-state index is -0.141. The topological polar surface area (TPSA) is 82.5 Å². The number of hydrogen-bond acceptors (Lipinski definition) is 7. The molecule has 0 aliphatic carbocycles. The highest BCUT2D eigenvalue weighted by Crippen LogP contribution is 2.34. The molecule has 0 bridgehead atoms. The van der Waals surface area contributed by atoms with Crippen molar-refractivity contribution in [2.45, 2.75) is 43.5 Å². The molecule has 0 saturated carbocycles. The summed E-state index contributed by atoms with van der Waals surface area (Å²) in [5.41, 5.74) is 0.769. The summed E-state index contributed by atoms with van der Waals surface area (Å²) < 4.78 is 7.08. The molecule has 2 heterocycles. The molecule has 0 spiro atoms. The number of thioether (sulfide) groups is 1. The van der Waals surface area contributed by atoms with Crippen molar-refractivity contribution >= 4 is 11.8 Å². The molecule has 1 aromatic carbocycles. The molecule has 0 amide bonds. The molecule has 0 aliphatic rings. The number of benzene rings is 1. The van der Waals surface area contributed by atoms with E-state index < -0.39 is 0 Å². The molecule has 2 aromatic heterocycles. The SMILES string of the molecule is CC(Sc1nnnn1-c1ccccc1)c1nc(C(C)(C)C)no1. The predicted molar refractivity (Wildman–Crippen MR) is 86.4 cm³/mol. The van der Waals surface area contributed by atoms with Crippen molar-refractivity contribution in [3.8, 4) is 5.69 Å². The van der Waals surface area contributed by atoms with Gasteiger partial charge in [0.25, 0.3) is 0 Å². The normalized spacial score (nSPS) is 13.2. The average Bonchev–Trinajstić information content (AvgIpc) is 3.16. The van der Waals surface area contributed by atoms with Gasteiger partial charge in [-0.05, 0) is 29.5 Å². The van der Waals surface area contributed by atoms with Crippen LogP contribution in [0.3, 0.4) is 0 Å². The van der Waals surface area contributed by atoms with Crippen LogP contribution in [-0.2, 0) is 5.41 Å². The Bertz CT molecular complexity index is 777. The van der Waals surface area contributed by atoms with E-state index in [4.69, 9.17) is 4.52 Å². The fraction of sp³-hybridized carbons (Fsp3) is 0.400. The Morgan fingerprint density at radius 1 is 1.17 bits per heavy atom. The highest BCUT2D eigenvalue weighted by atomic mass is 32.2.